The van der Waals surface area contributed by atoms with Crippen LogP contribution >= 0.6 is 0 Å². The first-order valence-electron chi connectivity index (χ1n) is 11.8. The van der Waals surface area contributed by atoms with Gasteiger partial charge in [-0.15, -0.1) is 0 Å². The Balaban J connectivity index is 2.32. The molecule has 1 aliphatic rings. The van der Waals surface area contributed by atoms with Crippen molar-refractivity contribution in [3.63, 3.8) is 0 Å². The van der Waals surface area contributed by atoms with E-state index >= 15 is 0 Å². The van der Waals surface area contributed by atoms with Crippen LogP contribution in [0.2, 0.25) is 0 Å². The lowest BCUT2D eigenvalue weighted by molar-refractivity contribution is -0.145. The second-order valence-corrected chi connectivity index (χ2v) is 8.97. The van der Waals surface area contributed by atoms with Crippen LogP contribution in [0.5, 0.6) is 0 Å². The number of ether oxygens (including phenoxy) is 2. The molecule has 3 rings (SSSR count). The quantitative estimate of drug-likeness (QED) is 0.304. The van der Waals surface area contributed by atoms with Crippen molar-refractivity contribution >= 4 is 23.4 Å². The summed E-state index contributed by atoms with van der Waals surface area (Å²) in [5.74, 6) is -1.05. The maximum Gasteiger partial charge on any atom is 0.416 e. The Kier molecular flexibility index (Phi) is 8.23. The summed E-state index contributed by atoms with van der Waals surface area (Å²) in [6, 6.07) is 2.10. The summed E-state index contributed by atoms with van der Waals surface area (Å²) < 4.78 is 91.9. The molecule has 0 saturated carbocycles. The van der Waals surface area contributed by atoms with Crippen LogP contribution in [0.15, 0.2) is 30.3 Å². The van der Waals surface area contributed by atoms with Crippen molar-refractivity contribution in [2.24, 2.45) is 0 Å². The SMILES string of the molecule is CCOC(=O)N1c2cc(C)c(C)cc2N([C@@H](C(=O)OC)c2cc(C(F)(F)F)cc(C(F)(F)F)c2)C[C@H]1CC. The van der Waals surface area contributed by atoms with Gasteiger partial charge in [-0.3, -0.25) is 4.90 Å². The zero-order valence-corrected chi connectivity index (χ0v) is 21.5. The summed E-state index contributed by atoms with van der Waals surface area (Å²) in [5.41, 5.74) is -1.53. The van der Waals surface area contributed by atoms with Gasteiger partial charge in [-0.2, -0.15) is 26.3 Å². The van der Waals surface area contributed by atoms with E-state index in [1.165, 1.54) is 9.80 Å². The molecule has 208 valence electrons. The number of hydrogen-bond acceptors (Lipinski definition) is 5. The molecule has 0 N–H and O–H groups in total. The monoisotopic (exact) mass is 546 g/mol. The standard InChI is InChI=1S/C26H28F6N2O4/c1-6-19-13-33(20-8-14(3)15(4)9-21(20)34(19)24(36)38-7-2)22(23(35)37-5)16-10-17(25(27,28)29)12-18(11-16)26(30,31)32/h8-12,19,22H,6-7,13H2,1-5H3/t19-,22-/m1/s1. The Morgan fingerprint density at radius 1 is 0.921 bits per heavy atom. The van der Waals surface area contributed by atoms with Gasteiger partial charge in [0.05, 0.1) is 42.3 Å². The lowest BCUT2D eigenvalue weighted by atomic mass is 9.94. The van der Waals surface area contributed by atoms with Gasteiger partial charge in [0.25, 0.3) is 0 Å². The Morgan fingerprint density at radius 3 is 1.89 bits per heavy atom. The maximum atomic E-state index is 13.6. The van der Waals surface area contributed by atoms with Crippen molar-refractivity contribution in [3.8, 4) is 0 Å². The molecule has 0 aliphatic carbocycles. The Labute approximate surface area is 216 Å². The molecule has 0 spiro atoms. The zero-order valence-electron chi connectivity index (χ0n) is 21.5. The highest BCUT2D eigenvalue weighted by Crippen LogP contribution is 2.45. The van der Waals surface area contributed by atoms with Gasteiger partial charge in [-0.1, -0.05) is 6.92 Å². The summed E-state index contributed by atoms with van der Waals surface area (Å²) in [7, 11) is 1.00. The van der Waals surface area contributed by atoms with Crippen LogP contribution in [-0.4, -0.2) is 38.4 Å². The van der Waals surface area contributed by atoms with E-state index in [4.69, 9.17) is 9.47 Å². The largest absolute Gasteiger partial charge is 0.467 e. The number of carbonyl (C=O) groups excluding carboxylic acids is 2. The van der Waals surface area contributed by atoms with E-state index in [9.17, 15) is 35.9 Å². The third-order valence-corrected chi connectivity index (χ3v) is 6.53. The molecule has 12 heteroatoms. The van der Waals surface area contributed by atoms with Gasteiger partial charge in [-0.05, 0) is 74.2 Å². The topological polar surface area (TPSA) is 59.1 Å². The lowest BCUT2D eigenvalue weighted by Crippen LogP contribution is -2.53. The van der Waals surface area contributed by atoms with Gasteiger partial charge in [0, 0.05) is 6.54 Å². The fraction of sp³-hybridized carbons (Fsp3) is 0.462. The minimum atomic E-state index is -5.10. The number of esters is 1. The highest BCUT2D eigenvalue weighted by molar-refractivity contribution is 5.96. The van der Waals surface area contributed by atoms with Gasteiger partial charge in [0.2, 0.25) is 0 Å². The molecule has 2 aromatic rings. The summed E-state index contributed by atoms with van der Waals surface area (Å²) in [4.78, 5) is 28.8. The highest BCUT2D eigenvalue weighted by Gasteiger charge is 2.43. The number of methoxy groups -OCH3 is 1. The molecule has 1 amide bonds. The predicted octanol–water partition coefficient (Wildman–Crippen LogP) is 6.82. The minimum absolute atomic E-state index is 0.00678. The molecular formula is C26H28F6N2O4. The van der Waals surface area contributed by atoms with Crippen LogP contribution in [-0.2, 0) is 26.6 Å². The number of carbonyl (C=O) groups is 2. The molecule has 0 unspecified atom stereocenters. The number of halogens is 6. The number of anilines is 2. The van der Waals surface area contributed by atoms with Crippen LogP contribution < -0.4 is 9.80 Å². The van der Waals surface area contributed by atoms with E-state index in [0.29, 0.717) is 24.2 Å². The molecule has 0 aromatic heterocycles. The molecule has 0 fully saturated rings. The number of fused-ring (bicyclic) bond motifs is 1. The summed E-state index contributed by atoms with van der Waals surface area (Å²) in [5, 5.41) is 0. The third-order valence-electron chi connectivity index (χ3n) is 6.53. The fourth-order valence-electron chi connectivity index (χ4n) is 4.50. The molecule has 6 nitrogen and oxygen atoms in total. The number of nitrogens with zero attached hydrogens (tertiary/aromatic N) is 2. The lowest BCUT2D eigenvalue weighted by Gasteiger charge is -2.45. The van der Waals surface area contributed by atoms with E-state index in [1.807, 2.05) is 0 Å². The Bertz CT molecular complexity index is 1180. The van der Waals surface area contributed by atoms with Crippen LogP contribution in [0, 0.1) is 13.8 Å². The van der Waals surface area contributed by atoms with Gasteiger partial charge < -0.3 is 14.4 Å². The van der Waals surface area contributed by atoms with Crippen LogP contribution in [0.3, 0.4) is 0 Å². The first-order valence-corrected chi connectivity index (χ1v) is 11.8. The Morgan fingerprint density at radius 2 is 1.45 bits per heavy atom. The number of aryl methyl sites for hydroxylation is 2. The maximum absolute atomic E-state index is 13.6. The van der Waals surface area contributed by atoms with E-state index in [1.54, 1.807) is 39.8 Å². The first kappa shape index (κ1) is 29.1. The number of rotatable bonds is 5. The van der Waals surface area contributed by atoms with Crippen molar-refractivity contribution in [2.45, 2.75) is 58.6 Å². The summed E-state index contributed by atoms with van der Waals surface area (Å²) in [6.07, 6.45) is -10.5. The molecule has 2 aromatic carbocycles. The molecule has 0 saturated heterocycles. The predicted molar refractivity (Wildman–Crippen MR) is 128 cm³/mol. The second-order valence-electron chi connectivity index (χ2n) is 8.97. The van der Waals surface area contributed by atoms with E-state index in [-0.39, 0.29) is 24.9 Å². The van der Waals surface area contributed by atoms with Crippen molar-refractivity contribution < 1.29 is 45.4 Å². The van der Waals surface area contributed by atoms with E-state index in [0.717, 1.165) is 18.2 Å². The summed E-state index contributed by atoms with van der Waals surface area (Å²) in [6.45, 7) is 6.95. The van der Waals surface area contributed by atoms with Crippen LogP contribution in [0.25, 0.3) is 0 Å². The molecule has 0 radical (unpaired) electrons. The van der Waals surface area contributed by atoms with Crippen LogP contribution in [0.4, 0.5) is 42.5 Å². The van der Waals surface area contributed by atoms with Gasteiger partial charge in [0.15, 0.2) is 6.04 Å². The minimum Gasteiger partial charge on any atom is -0.467 e. The number of amides is 1. The molecule has 0 bridgehead atoms. The van der Waals surface area contributed by atoms with Gasteiger partial charge in [-0.25, -0.2) is 9.59 Å². The van der Waals surface area contributed by atoms with Gasteiger partial charge >= 0.3 is 24.4 Å². The summed E-state index contributed by atoms with van der Waals surface area (Å²) >= 11 is 0. The molecule has 1 aliphatic heterocycles. The number of hydrogen-bond donors (Lipinski definition) is 0. The molecular weight excluding hydrogens is 518 g/mol. The fourth-order valence-corrected chi connectivity index (χ4v) is 4.50. The van der Waals surface area contributed by atoms with Crippen molar-refractivity contribution in [1.29, 1.82) is 0 Å². The zero-order chi connectivity index (χ0) is 28.6. The van der Waals surface area contributed by atoms with E-state index in [2.05, 4.69) is 0 Å². The van der Waals surface area contributed by atoms with Crippen molar-refractivity contribution in [1.82, 2.24) is 0 Å². The molecule has 1 heterocycles. The molecule has 38 heavy (non-hydrogen) atoms. The number of alkyl halides is 6. The smallest absolute Gasteiger partial charge is 0.416 e. The van der Waals surface area contributed by atoms with Crippen molar-refractivity contribution in [2.75, 3.05) is 30.1 Å². The molecule has 2 atom stereocenters. The Hall–Kier alpha value is -3.44. The third kappa shape index (κ3) is 5.68. The van der Waals surface area contributed by atoms with Crippen molar-refractivity contribution in [3.05, 3.63) is 58.1 Å². The van der Waals surface area contributed by atoms with Crippen LogP contribution in [0.1, 0.15) is 54.1 Å². The average molecular weight is 547 g/mol. The average Bonchev–Trinajstić information content (AvgIpc) is 2.83. The second kappa shape index (κ2) is 10.7. The first-order chi connectivity index (χ1) is 17.6. The van der Waals surface area contributed by atoms with E-state index < -0.39 is 53.2 Å². The number of benzene rings is 2. The highest BCUT2D eigenvalue weighted by atomic mass is 19.4. The van der Waals surface area contributed by atoms with Gasteiger partial charge in [0.1, 0.15) is 0 Å². The normalized spacial score (nSPS) is 16.7.